The summed E-state index contributed by atoms with van der Waals surface area (Å²) in [6, 6.07) is 0. The molecular formula is C6H18Cl2N6NiO8-6. The maximum Gasteiger partial charge on any atom is 2.00 e. The Morgan fingerprint density at radius 1 is 0.391 bits per heavy atom. The van der Waals surface area contributed by atoms with Gasteiger partial charge < -0.3 is 34.4 Å². The minimum Gasteiger partial charge on any atom is -0.679 e. The molecule has 0 aromatic heterocycles. The Hall–Kier alpha value is 0.514. The summed E-state index contributed by atoms with van der Waals surface area (Å²) in [5, 5.41) is 0. The summed E-state index contributed by atoms with van der Waals surface area (Å²) in [5.74, 6) is 0. The van der Waals surface area contributed by atoms with E-state index in [1.807, 2.05) is 0 Å². The minimum absolute atomic E-state index is 0. The van der Waals surface area contributed by atoms with Gasteiger partial charge in [-0.2, -0.15) is 39.3 Å². The van der Waals surface area contributed by atoms with Gasteiger partial charge in [-0.25, -0.2) is 37.3 Å². The molecule has 0 aliphatic rings. The third-order valence-corrected chi connectivity index (χ3v) is 0.375. The normalized spacial score (nSPS) is 9.13. The number of halogens is 2. The molecular weight excluding hydrogens is 414 g/mol. The van der Waals surface area contributed by atoms with Crippen molar-refractivity contribution in [1.29, 1.82) is 0 Å². The van der Waals surface area contributed by atoms with Crippen molar-refractivity contribution in [2.45, 2.75) is 0 Å². The van der Waals surface area contributed by atoms with Gasteiger partial charge in [0.25, 0.3) is 0 Å². The summed E-state index contributed by atoms with van der Waals surface area (Å²) in [6.45, 7) is 1.42. The maximum absolute atomic E-state index is 8.49. The SMILES string of the molecule is [NH-]CC[NH-].[NH-]CC[NH-].[NH-]CC[NH-].[Ni+2].[O-][Cl+3]([O-])([O-])[O-].[O-][Cl+3]([O-])([O-])[O-]. The van der Waals surface area contributed by atoms with E-state index in [2.05, 4.69) is 0 Å². The molecule has 0 aromatic rings. The second-order valence-electron chi connectivity index (χ2n) is 2.26. The molecule has 0 bridgehead atoms. The molecule has 0 spiro atoms. The van der Waals surface area contributed by atoms with E-state index in [1.165, 1.54) is 0 Å². The Labute approximate surface area is 148 Å². The second kappa shape index (κ2) is 30.4. The Morgan fingerprint density at radius 2 is 0.435 bits per heavy atom. The van der Waals surface area contributed by atoms with Crippen molar-refractivity contribution < 1.29 is 74.2 Å². The van der Waals surface area contributed by atoms with Crippen molar-refractivity contribution in [2.24, 2.45) is 0 Å². The molecule has 6 N–H and O–H groups in total. The molecule has 0 aliphatic heterocycles. The minimum atomic E-state index is -4.94. The first-order valence-electron chi connectivity index (χ1n) is 4.86. The van der Waals surface area contributed by atoms with Gasteiger partial charge in [0.05, 0.1) is 0 Å². The summed E-state index contributed by atoms with van der Waals surface area (Å²) in [7, 11) is -9.89. The van der Waals surface area contributed by atoms with E-state index in [-0.39, 0.29) is 55.8 Å². The van der Waals surface area contributed by atoms with Crippen LogP contribution in [-0.4, -0.2) is 39.3 Å². The zero-order valence-electron chi connectivity index (χ0n) is 11.6. The van der Waals surface area contributed by atoms with E-state index in [9.17, 15) is 0 Å². The molecule has 14 nitrogen and oxygen atoms in total. The van der Waals surface area contributed by atoms with Gasteiger partial charge in [-0.1, -0.05) is 0 Å². The number of rotatable bonds is 3. The van der Waals surface area contributed by atoms with Crippen LogP contribution in [0.4, 0.5) is 0 Å². The van der Waals surface area contributed by atoms with Crippen LogP contribution in [0, 0.1) is 20.5 Å². The Balaban J connectivity index is -0.0000000390. The van der Waals surface area contributed by atoms with Crippen LogP contribution in [0.1, 0.15) is 0 Å². The standard InChI is InChI=1S/3C2H6N2.2ClHO4.Ni/c3*3-1-2-4;2*2-1(3,4)5;/h3*3-4H,1-2H2;2*(H,2,3,4,5);/q3*-2;;;+2/p-2. The molecule has 0 aliphatic carbocycles. The molecule has 0 unspecified atom stereocenters. The number of hydrogen-bond donors (Lipinski definition) is 0. The average Bonchev–Trinajstić information content (AvgIpc) is 2.35. The van der Waals surface area contributed by atoms with Crippen LogP contribution < -0.4 is 37.3 Å². The van der Waals surface area contributed by atoms with Crippen LogP contribution in [0.15, 0.2) is 0 Å². The van der Waals surface area contributed by atoms with Crippen LogP contribution in [0.25, 0.3) is 34.4 Å². The van der Waals surface area contributed by atoms with E-state index >= 15 is 0 Å². The molecule has 150 valence electrons. The average molecular weight is 432 g/mol. The number of hydrogen-bond acceptors (Lipinski definition) is 8. The third-order valence-electron chi connectivity index (χ3n) is 0.375. The van der Waals surface area contributed by atoms with Crippen LogP contribution in [-0.2, 0) is 16.5 Å². The van der Waals surface area contributed by atoms with Crippen molar-refractivity contribution in [3.05, 3.63) is 34.4 Å². The van der Waals surface area contributed by atoms with Crippen LogP contribution in [0.5, 0.6) is 0 Å². The fraction of sp³-hybridized carbons (Fsp3) is 1.00. The molecule has 0 fully saturated rings. The monoisotopic (exact) mass is 430 g/mol. The predicted molar refractivity (Wildman–Crippen MR) is 55.1 cm³/mol. The van der Waals surface area contributed by atoms with E-state index in [1.54, 1.807) is 0 Å². The zero-order valence-corrected chi connectivity index (χ0v) is 14.1. The molecule has 23 heavy (non-hydrogen) atoms. The topological polar surface area (TPSA) is 327 Å². The second-order valence-corrected chi connectivity index (χ2v) is 3.77. The Kier molecular flexibility index (Phi) is 51.4. The van der Waals surface area contributed by atoms with E-state index < -0.39 is 20.5 Å². The van der Waals surface area contributed by atoms with Gasteiger partial charge in [-0.05, 0) is 0 Å². The smallest absolute Gasteiger partial charge is 0.679 e. The van der Waals surface area contributed by atoms with E-state index in [0.717, 1.165) is 0 Å². The molecule has 0 radical (unpaired) electrons. The maximum atomic E-state index is 8.49. The summed E-state index contributed by atoms with van der Waals surface area (Å²) < 4.78 is 67.9. The first-order valence-corrected chi connectivity index (χ1v) is 7.32. The summed E-state index contributed by atoms with van der Waals surface area (Å²) in [6.07, 6.45) is 0. The van der Waals surface area contributed by atoms with Crippen molar-refractivity contribution in [1.82, 2.24) is 0 Å². The Morgan fingerprint density at radius 3 is 0.435 bits per heavy atom. The van der Waals surface area contributed by atoms with Crippen molar-refractivity contribution >= 4 is 0 Å². The van der Waals surface area contributed by atoms with Crippen molar-refractivity contribution in [2.75, 3.05) is 39.3 Å². The third kappa shape index (κ3) is 767. The first kappa shape index (κ1) is 38.9. The number of nitrogens with one attached hydrogen (secondary N) is 6. The van der Waals surface area contributed by atoms with Crippen LogP contribution >= 0.6 is 0 Å². The molecule has 17 heteroatoms. The molecule has 0 heterocycles. The fourth-order valence-electron chi connectivity index (χ4n) is 0. The molecule has 0 atom stereocenters. The molecule has 0 saturated heterocycles. The van der Waals surface area contributed by atoms with Crippen LogP contribution in [0.3, 0.4) is 0 Å². The van der Waals surface area contributed by atoms with Crippen molar-refractivity contribution in [3.8, 4) is 0 Å². The van der Waals surface area contributed by atoms with Gasteiger partial charge in [0.2, 0.25) is 0 Å². The van der Waals surface area contributed by atoms with E-state index in [4.69, 9.17) is 71.7 Å². The largest absolute Gasteiger partial charge is 2.00 e. The summed E-state index contributed by atoms with van der Waals surface area (Å²) in [4.78, 5) is 0. The predicted octanol–water partition coefficient (Wildman–Crippen LogP) is -6.24. The van der Waals surface area contributed by atoms with Crippen LogP contribution in [0.2, 0.25) is 0 Å². The van der Waals surface area contributed by atoms with Crippen molar-refractivity contribution in [3.63, 3.8) is 0 Å². The molecule has 0 saturated carbocycles. The summed E-state index contributed by atoms with van der Waals surface area (Å²) in [5.41, 5.74) is 37.6. The molecule has 0 rings (SSSR count). The van der Waals surface area contributed by atoms with Gasteiger partial charge in [-0.15, -0.1) is 20.5 Å². The van der Waals surface area contributed by atoms with Gasteiger partial charge in [0.1, 0.15) is 0 Å². The fourth-order valence-corrected chi connectivity index (χ4v) is 0. The zero-order chi connectivity index (χ0) is 19.2. The molecule has 0 amide bonds. The Bertz CT molecular complexity index is 139. The summed E-state index contributed by atoms with van der Waals surface area (Å²) >= 11 is 0. The molecule has 0 aromatic carbocycles. The van der Waals surface area contributed by atoms with E-state index in [0.29, 0.717) is 0 Å². The van der Waals surface area contributed by atoms with Gasteiger partial charge in [-0.3, -0.25) is 0 Å². The van der Waals surface area contributed by atoms with Gasteiger partial charge >= 0.3 is 16.5 Å². The van der Waals surface area contributed by atoms with Gasteiger partial charge in [0, 0.05) is 0 Å². The quantitative estimate of drug-likeness (QED) is 0.385. The first-order chi connectivity index (χ1) is 9.74. The van der Waals surface area contributed by atoms with Gasteiger partial charge in [0.15, 0.2) is 0 Å².